The van der Waals surface area contributed by atoms with Crippen LogP contribution in [0.1, 0.15) is 30.4 Å². The Kier molecular flexibility index (Phi) is 6.61. The van der Waals surface area contributed by atoms with Gasteiger partial charge in [0.25, 0.3) is 5.91 Å². The second kappa shape index (κ2) is 9.34. The van der Waals surface area contributed by atoms with Gasteiger partial charge in [-0.3, -0.25) is 14.8 Å². The van der Waals surface area contributed by atoms with E-state index in [4.69, 9.17) is 5.21 Å². The van der Waals surface area contributed by atoms with Crippen molar-refractivity contribution in [1.29, 1.82) is 0 Å². The molecule has 0 aromatic heterocycles. The molecule has 1 atom stereocenters. The van der Waals surface area contributed by atoms with Crippen LogP contribution in [-0.4, -0.2) is 29.7 Å². The monoisotopic (exact) mass is 397 g/mol. The SMILES string of the molecule is C=C(C(=O)NO)c1ccc(N2CCCCC2NC(=O)Cc2ccc(F)cc2)cc1. The van der Waals surface area contributed by atoms with E-state index in [9.17, 15) is 14.0 Å². The normalized spacial score (nSPS) is 16.2. The first-order valence-corrected chi connectivity index (χ1v) is 9.52. The van der Waals surface area contributed by atoms with Crippen molar-refractivity contribution in [3.63, 3.8) is 0 Å². The lowest BCUT2D eigenvalue weighted by Gasteiger charge is -2.38. The Bertz CT molecular complexity index is 881. The molecule has 6 nitrogen and oxygen atoms in total. The molecule has 0 aliphatic carbocycles. The highest BCUT2D eigenvalue weighted by atomic mass is 19.1. The zero-order valence-corrected chi connectivity index (χ0v) is 16.0. The van der Waals surface area contributed by atoms with Crippen molar-refractivity contribution in [3.05, 3.63) is 72.1 Å². The molecule has 3 N–H and O–H groups in total. The van der Waals surface area contributed by atoms with Crippen molar-refractivity contribution in [3.8, 4) is 0 Å². The lowest BCUT2D eigenvalue weighted by atomic mass is 10.0. The Labute approximate surface area is 169 Å². The molecule has 0 radical (unpaired) electrons. The van der Waals surface area contributed by atoms with Gasteiger partial charge < -0.3 is 10.2 Å². The van der Waals surface area contributed by atoms with E-state index in [1.54, 1.807) is 29.7 Å². The smallest absolute Gasteiger partial charge is 0.274 e. The molecule has 2 amide bonds. The van der Waals surface area contributed by atoms with Gasteiger partial charge in [-0.25, -0.2) is 9.87 Å². The van der Waals surface area contributed by atoms with Crippen LogP contribution >= 0.6 is 0 Å². The van der Waals surface area contributed by atoms with Crippen molar-refractivity contribution in [2.24, 2.45) is 0 Å². The van der Waals surface area contributed by atoms with Gasteiger partial charge in [0.2, 0.25) is 5.91 Å². The van der Waals surface area contributed by atoms with Crippen LogP contribution in [-0.2, 0) is 16.0 Å². The summed E-state index contributed by atoms with van der Waals surface area (Å²) < 4.78 is 13.0. The first kappa shape index (κ1) is 20.5. The molecular weight excluding hydrogens is 373 g/mol. The van der Waals surface area contributed by atoms with Gasteiger partial charge >= 0.3 is 0 Å². The second-order valence-electron chi connectivity index (χ2n) is 7.04. The molecule has 0 bridgehead atoms. The van der Waals surface area contributed by atoms with E-state index in [1.165, 1.54) is 12.1 Å². The van der Waals surface area contributed by atoms with Gasteiger partial charge in [-0.2, -0.15) is 0 Å². The summed E-state index contributed by atoms with van der Waals surface area (Å²) in [6.07, 6.45) is 2.93. The lowest BCUT2D eigenvalue weighted by molar-refractivity contribution is -0.123. The van der Waals surface area contributed by atoms with Crippen LogP contribution in [0.5, 0.6) is 0 Å². The Morgan fingerprint density at radius 3 is 2.45 bits per heavy atom. The number of benzene rings is 2. The van der Waals surface area contributed by atoms with Crippen molar-refractivity contribution in [2.45, 2.75) is 31.8 Å². The Morgan fingerprint density at radius 1 is 1.10 bits per heavy atom. The number of nitrogens with zero attached hydrogens (tertiary/aromatic N) is 1. The summed E-state index contributed by atoms with van der Waals surface area (Å²) in [6, 6.07) is 13.2. The number of hydroxylamine groups is 1. The fourth-order valence-electron chi connectivity index (χ4n) is 3.47. The minimum absolute atomic E-state index is 0.113. The Balaban J connectivity index is 1.67. The van der Waals surface area contributed by atoms with Gasteiger partial charge in [-0.05, 0) is 54.7 Å². The van der Waals surface area contributed by atoms with Gasteiger partial charge in [-0.1, -0.05) is 30.8 Å². The van der Waals surface area contributed by atoms with Crippen LogP contribution in [0.3, 0.4) is 0 Å². The van der Waals surface area contributed by atoms with Crippen LogP contribution in [0.2, 0.25) is 0 Å². The van der Waals surface area contributed by atoms with E-state index >= 15 is 0 Å². The maximum absolute atomic E-state index is 13.0. The van der Waals surface area contributed by atoms with Crippen LogP contribution in [0.25, 0.3) is 5.57 Å². The number of carbonyl (C=O) groups is 2. The third-order valence-corrected chi connectivity index (χ3v) is 5.03. The van der Waals surface area contributed by atoms with E-state index < -0.39 is 5.91 Å². The molecule has 1 aliphatic rings. The number of halogens is 1. The topological polar surface area (TPSA) is 81.7 Å². The fraction of sp³-hybridized carbons (Fsp3) is 0.273. The van der Waals surface area contributed by atoms with Crippen molar-refractivity contribution in [1.82, 2.24) is 10.8 Å². The van der Waals surface area contributed by atoms with Crippen LogP contribution in [0.4, 0.5) is 10.1 Å². The highest BCUT2D eigenvalue weighted by molar-refractivity contribution is 6.18. The molecule has 0 saturated carbocycles. The molecule has 1 heterocycles. The third kappa shape index (κ3) is 5.20. The quantitative estimate of drug-likeness (QED) is 0.398. The zero-order valence-electron chi connectivity index (χ0n) is 16.0. The molecular formula is C22H24FN3O3. The predicted molar refractivity (Wildman–Crippen MR) is 109 cm³/mol. The average molecular weight is 397 g/mol. The molecule has 7 heteroatoms. The van der Waals surface area contributed by atoms with Crippen molar-refractivity contribution >= 4 is 23.1 Å². The van der Waals surface area contributed by atoms with E-state index in [2.05, 4.69) is 16.8 Å². The molecule has 1 aliphatic heterocycles. The summed E-state index contributed by atoms with van der Waals surface area (Å²) >= 11 is 0. The van der Waals surface area contributed by atoms with Gasteiger partial charge in [0.1, 0.15) is 12.0 Å². The number of nitrogens with one attached hydrogen (secondary N) is 2. The number of amides is 2. The van der Waals surface area contributed by atoms with E-state index in [0.717, 1.165) is 37.1 Å². The molecule has 2 aromatic rings. The molecule has 0 spiro atoms. The summed E-state index contributed by atoms with van der Waals surface area (Å²) in [7, 11) is 0. The van der Waals surface area contributed by atoms with Crippen LogP contribution in [0.15, 0.2) is 55.1 Å². The minimum atomic E-state index is -0.651. The van der Waals surface area contributed by atoms with Crippen LogP contribution < -0.4 is 15.7 Å². The predicted octanol–water partition coefficient (Wildman–Crippen LogP) is 3.02. The summed E-state index contributed by atoms with van der Waals surface area (Å²) in [6.45, 7) is 4.48. The van der Waals surface area contributed by atoms with E-state index in [0.29, 0.717) is 5.56 Å². The standard InChI is InChI=1S/C22H24FN3O3/c1-15(22(28)25-29)17-7-11-19(12-8-17)26-13-3-2-4-20(26)24-21(27)14-16-5-9-18(23)10-6-16/h5-12,20,29H,1-4,13-14H2,(H,24,27)(H,25,28). The van der Waals surface area contributed by atoms with Gasteiger partial charge in [0.15, 0.2) is 0 Å². The van der Waals surface area contributed by atoms with Gasteiger partial charge in [0, 0.05) is 17.8 Å². The first-order chi connectivity index (χ1) is 14.0. The number of piperidine rings is 1. The molecule has 1 saturated heterocycles. The third-order valence-electron chi connectivity index (χ3n) is 5.03. The summed E-state index contributed by atoms with van der Waals surface area (Å²) in [4.78, 5) is 26.1. The highest BCUT2D eigenvalue weighted by Gasteiger charge is 2.24. The summed E-state index contributed by atoms with van der Waals surface area (Å²) in [5.74, 6) is -1.09. The van der Waals surface area contributed by atoms with Gasteiger partial charge in [0.05, 0.1) is 6.42 Å². The highest BCUT2D eigenvalue weighted by Crippen LogP contribution is 2.25. The largest absolute Gasteiger partial charge is 0.351 e. The molecule has 29 heavy (non-hydrogen) atoms. The number of hydrogen-bond acceptors (Lipinski definition) is 4. The number of rotatable bonds is 6. The first-order valence-electron chi connectivity index (χ1n) is 9.52. The van der Waals surface area contributed by atoms with Crippen molar-refractivity contribution in [2.75, 3.05) is 11.4 Å². The average Bonchev–Trinajstić information content (AvgIpc) is 2.75. The van der Waals surface area contributed by atoms with Crippen molar-refractivity contribution < 1.29 is 19.2 Å². The number of carbonyl (C=O) groups excluding carboxylic acids is 2. The summed E-state index contributed by atoms with van der Waals surface area (Å²) in [5.41, 5.74) is 4.04. The fourth-order valence-corrected chi connectivity index (χ4v) is 3.47. The maximum Gasteiger partial charge on any atom is 0.274 e. The number of anilines is 1. The van der Waals surface area contributed by atoms with Gasteiger partial charge in [-0.15, -0.1) is 0 Å². The molecule has 3 rings (SSSR count). The maximum atomic E-state index is 13.0. The van der Waals surface area contributed by atoms with Crippen LogP contribution in [0, 0.1) is 5.82 Å². The molecule has 1 fully saturated rings. The lowest BCUT2D eigenvalue weighted by Crippen LogP contribution is -2.51. The summed E-state index contributed by atoms with van der Waals surface area (Å²) in [5, 5.41) is 11.8. The minimum Gasteiger partial charge on any atom is -0.351 e. The second-order valence-corrected chi connectivity index (χ2v) is 7.04. The number of hydrogen-bond donors (Lipinski definition) is 3. The van der Waals surface area contributed by atoms with E-state index in [-0.39, 0.29) is 29.9 Å². The molecule has 152 valence electrons. The van der Waals surface area contributed by atoms with E-state index in [1.807, 2.05) is 12.1 Å². The Morgan fingerprint density at radius 2 is 1.79 bits per heavy atom. The molecule has 1 unspecified atom stereocenters. The molecule has 2 aromatic carbocycles. The zero-order chi connectivity index (χ0) is 20.8. The Hall–Kier alpha value is -3.19.